The van der Waals surface area contributed by atoms with Gasteiger partial charge in [0.2, 0.25) is 0 Å². The van der Waals surface area contributed by atoms with E-state index in [-0.39, 0.29) is 18.2 Å². The first kappa shape index (κ1) is 15.6. The molecule has 1 aromatic rings. The molecule has 0 aliphatic carbocycles. The molecule has 0 radical (unpaired) electrons. The zero-order valence-electron chi connectivity index (χ0n) is 9.50. The number of rotatable bonds is 5. The number of carbonyl (C=O) groups excluding carboxylic acids is 1. The number of hydrogen-bond acceptors (Lipinski definition) is 2. The predicted octanol–water partition coefficient (Wildman–Crippen LogP) is 3.44. The van der Waals surface area contributed by atoms with E-state index in [1.54, 1.807) is 0 Å². The van der Waals surface area contributed by atoms with Crippen LogP contribution in [0.3, 0.4) is 0 Å². The molecule has 0 saturated carbocycles. The molecule has 2 nitrogen and oxygen atoms in total. The summed E-state index contributed by atoms with van der Waals surface area (Å²) in [5.74, 6) is 0.190. The Bertz CT molecular complexity index is 324. The first-order chi connectivity index (χ1) is 7.09. The van der Waals surface area contributed by atoms with Gasteiger partial charge >= 0.3 is 0 Å². The number of hydrogen-bond donors (Lipinski definition) is 1. The zero-order chi connectivity index (χ0) is 11.3. The van der Waals surface area contributed by atoms with E-state index in [2.05, 4.69) is 35.1 Å². The Morgan fingerprint density at radius 3 is 2.38 bits per heavy atom. The highest BCUT2D eigenvalue weighted by Gasteiger charge is 2.05. The lowest BCUT2D eigenvalue weighted by Gasteiger charge is -2.07. The molecule has 0 saturated heterocycles. The second-order valence-electron chi connectivity index (χ2n) is 3.79. The van der Waals surface area contributed by atoms with Crippen LogP contribution in [-0.4, -0.2) is 18.4 Å². The molecule has 0 fully saturated rings. The van der Waals surface area contributed by atoms with Gasteiger partial charge in [0, 0.05) is 29.0 Å². The van der Waals surface area contributed by atoms with E-state index < -0.39 is 0 Å². The van der Waals surface area contributed by atoms with Crippen molar-refractivity contribution in [1.82, 2.24) is 5.32 Å². The second-order valence-corrected chi connectivity index (χ2v) is 4.70. The van der Waals surface area contributed by atoms with Crippen molar-refractivity contribution in [3.63, 3.8) is 0 Å². The summed E-state index contributed by atoms with van der Waals surface area (Å²) in [6.07, 6.45) is 0.555. The van der Waals surface area contributed by atoms with Gasteiger partial charge in [-0.15, -0.1) is 12.4 Å². The Balaban J connectivity index is 0.00000225. The van der Waals surface area contributed by atoms with E-state index in [9.17, 15) is 4.79 Å². The Hall–Kier alpha value is -0.380. The molecule has 1 N–H and O–H groups in total. The highest BCUT2D eigenvalue weighted by molar-refractivity contribution is 9.10. The standard InChI is InChI=1S/C12H16BrNO.ClH/c1-9(2)14-8-7-12(15)10-3-5-11(13)6-4-10;/h3-6,9,14H,7-8H2,1-2H3;1H. The summed E-state index contributed by atoms with van der Waals surface area (Å²) >= 11 is 3.34. The fourth-order valence-corrected chi connectivity index (χ4v) is 1.52. The van der Waals surface area contributed by atoms with Gasteiger partial charge in [0.1, 0.15) is 0 Å². The molecule has 4 heteroatoms. The first-order valence-electron chi connectivity index (χ1n) is 5.11. The Morgan fingerprint density at radius 1 is 1.31 bits per heavy atom. The van der Waals surface area contributed by atoms with Crippen molar-refractivity contribution in [2.24, 2.45) is 0 Å². The fourth-order valence-electron chi connectivity index (χ4n) is 1.25. The summed E-state index contributed by atoms with van der Waals surface area (Å²) in [6, 6.07) is 7.92. The van der Waals surface area contributed by atoms with E-state index in [1.807, 2.05) is 24.3 Å². The van der Waals surface area contributed by atoms with Gasteiger partial charge in [-0.05, 0) is 12.1 Å². The molecule has 0 aliphatic heterocycles. The molecule has 0 aliphatic rings. The van der Waals surface area contributed by atoms with E-state index >= 15 is 0 Å². The molecule has 0 bridgehead atoms. The van der Waals surface area contributed by atoms with Gasteiger partial charge in [-0.3, -0.25) is 4.79 Å². The largest absolute Gasteiger partial charge is 0.314 e. The topological polar surface area (TPSA) is 29.1 Å². The molecule has 1 aromatic carbocycles. The molecule has 1 rings (SSSR count). The van der Waals surface area contributed by atoms with E-state index in [0.29, 0.717) is 12.5 Å². The van der Waals surface area contributed by atoms with Crippen LogP contribution in [0.25, 0.3) is 0 Å². The fraction of sp³-hybridized carbons (Fsp3) is 0.417. The van der Waals surface area contributed by atoms with Gasteiger partial charge in [-0.25, -0.2) is 0 Å². The van der Waals surface area contributed by atoms with Crippen LogP contribution < -0.4 is 5.32 Å². The van der Waals surface area contributed by atoms with Crippen molar-refractivity contribution in [2.45, 2.75) is 26.3 Å². The number of carbonyl (C=O) groups is 1. The molecular formula is C12H17BrClNO. The summed E-state index contributed by atoms with van der Waals surface area (Å²) < 4.78 is 0.999. The molecule has 0 aromatic heterocycles. The molecule has 0 amide bonds. The molecule has 0 atom stereocenters. The van der Waals surface area contributed by atoms with Crippen molar-refractivity contribution >= 4 is 34.1 Å². The van der Waals surface area contributed by atoms with Crippen LogP contribution in [0.5, 0.6) is 0 Å². The average molecular weight is 307 g/mol. The zero-order valence-corrected chi connectivity index (χ0v) is 11.9. The highest BCUT2D eigenvalue weighted by Crippen LogP contribution is 2.11. The maximum atomic E-state index is 11.7. The summed E-state index contributed by atoms with van der Waals surface area (Å²) in [4.78, 5) is 11.7. The minimum atomic E-state index is 0. The van der Waals surface area contributed by atoms with Gasteiger partial charge < -0.3 is 5.32 Å². The molecule has 16 heavy (non-hydrogen) atoms. The average Bonchev–Trinajstić information content (AvgIpc) is 2.18. The molecule has 0 spiro atoms. The van der Waals surface area contributed by atoms with E-state index in [1.165, 1.54) is 0 Å². The van der Waals surface area contributed by atoms with Crippen molar-refractivity contribution in [2.75, 3.05) is 6.54 Å². The molecule has 90 valence electrons. The van der Waals surface area contributed by atoms with E-state index in [0.717, 1.165) is 16.6 Å². The number of halogens is 2. The van der Waals surface area contributed by atoms with Crippen LogP contribution in [0.15, 0.2) is 28.7 Å². The maximum Gasteiger partial charge on any atom is 0.164 e. The van der Waals surface area contributed by atoms with Gasteiger partial charge in [-0.1, -0.05) is 41.9 Å². The monoisotopic (exact) mass is 305 g/mol. The lowest BCUT2D eigenvalue weighted by Crippen LogP contribution is -2.25. The number of nitrogens with one attached hydrogen (secondary N) is 1. The van der Waals surface area contributed by atoms with Gasteiger partial charge in [0.25, 0.3) is 0 Å². The van der Waals surface area contributed by atoms with Crippen LogP contribution in [0.1, 0.15) is 30.6 Å². The molecule has 0 heterocycles. The predicted molar refractivity (Wildman–Crippen MR) is 73.5 cm³/mol. The Kier molecular flexibility index (Phi) is 7.64. The van der Waals surface area contributed by atoms with Crippen LogP contribution in [0.4, 0.5) is 0 Å². The minimum absolute atomic E-state index is 0. The summed E-state index contributed by atoms with van der Waals surface area (Å²) in [5, 5.41) is 3.23. The number of ketones is 1. The third-order valence-electron chi connectivity index (χ3n) is 2.07. The van der Waals surface area contributed by atoms with Crippen molar-refractivity contribution < 1.29 is 4.79 Å². The SMILES string of the molecule is CC(C)NCCC(=O)c1ccc(Br)cc1.Cl. The lowest BCUT2D eigenvalue weighted by atomic mass is 10.1. The van der Waals surface area contributed by atoms with Crippen molar-refractivity contribution in [1.29, 1.82) is 0 Å². The Labute approximate surface area is 111 Å². The summed E-state index contributed by atoms with van der Waals surface area (Å²) in [7, 11) is 0. The smallest absolute Gasteiger partial charge is 0.164 e. The second kappa shape index (κ2) is 7.82. The first-order valence-corrected chi connectivity index (χ1v) is 5.91. The quantitative estimate of drug-likeness (QED) is 0.844. The van der Waals surface area contributed by atoms with Gasteiger partial charge in [-0.2, -0.15) is 0 Å². The minimum Gasteiger partial charge on any atom is -0.314 e. The van der Waals surface area contributed by atoms with Crippen LogP contribution >= 0.6 is 28.3 Å². The summed E-state index contributed by atoms with van der Waals surface area (Å²) in [5.41, 5.74) is 0.781. The maximum absolute atomic E-state index is 11.7. The molecule has 0 unspecified atom stereocenters. The van der Waals surface area contributed by atoms with Crippen molar-refractivity contribution in [3.05, 3.63) is 34.3 Å². The van der Waals surface area contributed by atoms with Gasteiger partial charge in [0.15, 0.2) is 5.78 Å². The number of benzene rings is 1. The van der Waals surface area contributed by atoms with Crippen LogP contribution in [0.2, 0.25) is 0 Å². The van der Waals surface area contributed by atoms with E-state index in [4.69, 9.17) is 0 Å². The third kappa shape index (κ3) is 5.64. The third-order valence-corrected chi connectivity index (χ3v) is 2.60. The Morgan fingerprint density at radius 2 is 1.88 bits per heavy atom. The van der Waals surface area contributed by atoms with Gasteiger partial charge in [0.05, 0.1) is 0 Å². The van der Waals surface area contributed by atoms with Crippen LogP contribution in [0, 0.1) is 0 Å². The number of Topliss-reactive ketones (excluding diaryl/α,β-unsaturated/α-hetero) is 1. The highest BCUT2D eigenvalue weighted by atomic mass is 79.9. The van der Waals surface area contributed by atoms with Crippen LogP contribution in [-0.2, 0) is 0 Å². The normalized spacial score (nSPS) is 10.0. The summed E-state index contributed by atoms with van der Waals surface area (Å²) in [6.45, 7) is 4.89. The lowest BCUT2D eigenvalue weighted by molar-refractivity contribution is 0.0982. The molecular weight excluding hydrogens is 289 g/mol. The van der Waals surface area contributed by atoms with Crippen molar-refractivity contribution in [3.8, 4) is 0 Å².